The number of carbonyl (C=O) groups is 2. The minimum Gasteiger partial charge on any atom is -0.326 e. The van der Waals surface area contributed by atoms with Gasteiger partial charge in [0.05, 0.1) is 17.6 Å². The second-order valence-corrected chi connectivity index (χ2v) is 6.31. The Balaban J connectivity index is 1.84. The molecular formula is C20H18F3N3O2. The van der Waals surface area contributed by atoms with Gasteiger partial charge >= 0.3 is 6.18 Å². The van der Waals surface area contributed by atoms with Crippen molar-refractivity contribution in [2.24, 2.45) is 0 Å². The number of nitrogens with zero attached hydrogens (tertiary/aromatic N) is 2. The van der Waals surface area contributed by atoms with Crippen molar-refractivity contribution in [2.45, 2.75) is 32.5 Å². The highest BCUT2D eigenvalue weighted by atomic mass is 19.4. The number of rotatable bonds is 6. The van der Waals surface area contributed by atoms with Gasteiger partial charge in [-0.25, -0.2) is 4.98 Å². The molecule has 1 aromatic heterocycles. The van der Waals surface area contributed by atoms with Crippen LogP contribution in [0.15, 0.2) is 48.5 Å². The van der Waals surface area contributed by atoms with Gasteiger partial charge in [-0.3, -0.25) is 9.59 Å². The number of imidazole rings is 1. The second-order valence-electron chi connectivity index (χ2n) is 6.31. The van der Waals surface area contributed by atoms with Gasteiger partial charge in [-0.15, -0.1) is 0 Å². The summed E-state index contributed by atoms with van der Waals surface area (Å²) in [5.74, 6) is -1.73. The van der Waals surface area contributed by atoms with E-state index in [1.54, 1.807) is 24.3 Å². The van der Waals surface area contributed by atoms with E-state index in [1.165, 1.54) is 24.3 Å². The maximum Gasteiger partial charge on any atom is 0.449 e. The molecular weight excluding hydrogens is 371 g/mol. The molecule has 3 aromatic rings. The molecule has 0 radical (unpaired) electrons. The largest absolute Gasteiger partial charge is 0.449 e. The Kier molecular flexibility index (Phi) is 5.48. The fourth-order valence-electron chi connectivity index (χ4n) is 2.88. The lowest BCUT2D eigenvalue weighted by Crippen LogP contribution is -2.19. The van der Waals surface area contributed by atoms with Crippen LogP contribution in [-0.4, -0.2) is 21.2 Å². The quantitative estimate of drug-likeness (QED) is 0.623. The number of hydrogen-bond acceptors (Lipinski definition) is 3. The zero-order valence-electron chi connectivity index (χ0n) is 15.1. The van der Waals surface area contributed by atoms with Crippen molar-refractivity contribution in [3.05, 3.63) is 59.9 Å². The Morgan fingerprint density at radius 2 is 1.75 bits per heavy atom. The molecule has 1 heterocycles. The monoisotopic (exact) mass is 389 g/mol. The Bertz CT molecular complexity index is 1010. The van der Waals surface area contributed by atoms with Crippen LogP contribution in [-0.2, 0) is 17.5 Å². The average Bonchev–Trinajstić information content (AvgIpc) is 3.01. The van der Waals surface area contributed by atoms with Crippen molar-refractivity contribution >= 4 is 28.4 Å². The molecule has 0 aliphatic carbocycles. The number of anilines is 1. The number of para-hydroxylation sites is 2. The van der Waals surface area contributed by atoms with Crippen LogP contribution in [0, 0.1) is 0 Å². The number of Topliss-reactive ketones (excluding diaryl/α,β-unsaturated/α-hetero) is 1. The standard InChI is InChI=1S/C20H18F3N3O2/c1-2-5-18(28)24-14-10-8-13(9-11-14)17(27)12-26-16-7-4-3-6-15(16)25-19(26)20(21,22)23/h3-4,6-11H,2,5,12H2,1H3,(H,24,28). The van der Waals surface area contributed by atoms with Crippen molar-refractivity contribution in [2.75, 3.05) is 5.32 Å². The van der Waals surface area contributed by atoms with Gasteiger partial charge in [0.2, 0.25) is 11.7 Å². The van der Waals surface area contributed by atoms with E-state index in [0.29, 0.717) is 18.5 Å². The molecule has 5 nitrogen and oxygen atoms in total. The molecule has 28 heavy (non-hydrogen) atoms. The van der Waals surface area contributed by atoms with Crippen molar-refractivity contribution < 1.29 is 22.8 Å². The molecule has 0 saturated heterocycles. The smallest absolute Gasteiger partial charge is 0.326 e. The maximum absolute atomic E-state index is 13.3. The van der Waals surface area contributed by atoms with Crippen LogP contribution < -0.4 is 5.32 Å². The molecule has 0 saturated carbocycles. The van der Waals surface area contributed by atoms with Crippen molar-refractivity contribution in [1.82, 2.24) is 9.55 Å². The normalized spacial score (nSPS) is 11.6. The molecule has 8 heteroatoms. The van der Waals surface area contributed by atoms with Crippen LogP contribution in [0.3, 0.4) is 0 Å². The van der Waals surface area contributed by atoms with Gasteiger partial charge in [0.1, 0.15) is 0 Å². The topological polar surface area (TPSA) is 64.0 Å². The third-order valence-electron chi connectivity index (χ3n) is 4.18. The molecule has 0 bridgehead atoms. The van der Waals surface area contributed by atoms with Crippen molar-refractivity contribution in [3.63, 3.8) is 0 Å². The number of carbonyl (C=O) groups excluding carboxylic acids is 2. The zero-order chi connectivity index (χ0) is 20.3. The lowest BCUT2D eigenvalue weighted by atomic mass is 10.1. The third-order valence-corrected chi connectivity index (χ3v) is 4.18. The third kappa shape index (κ3) is 4.21. The summed E-state index contributed by atoms with van der Waals surface area (Å²) in [5, 5.41) is 2.69. The highest BCUT2D eigenvalue weighted by Gasteiger charge is 2.38. The number of nitrogens with one attached hydrogen (secondary N) is 1. The molecule has 2 aromatic carbocycles. The lowest BCUT2D eigenvalue weighted by Gasteiger charge is -2.11. The van der Waals surface area contributed by atoms with Gasteiger partial charge in [-0.05, 0) is 42.8 Å². The Hall–Kier alpha value is -3.16. The van der Waals surface area contributed by atoms with Gasteiger partial charge in [0.25, 0.3) is 0 Å². The highest BCUT2D eigenvalue weighted by Crippen LogP contribution is 2.31. The molecule has 0 atom stereocenters. The minimum atomic E-state index is -4.67. The van der Waals surface area contributed by atoms with Gasteiger partial charge in [0.15, 0.2) is 5.78 Å². The number of halogens is 3. The first-order chi connectivity index (χ1) is 13.3. The van der Waals surface area contributed by atoms with E-state index in [2.05, 4.69) is 10.3 Å². The number of ketones is 1. The van der Waals surface area contributed by atoms with E-state index >= 15 is 0 Å². The van der Waals surface area contributed by atoms with E-state index in [-0.39, 0.29) is 22.5 Å². The first-order valence-electron chi connectivity index (χ1n) is 8.75. The Morgan fingerprint density at radius 1 is 1.07 bits per heavy atom. The molecule has 0 aliphatic heterocycles. The molecule has 146 valence electrons. The number of amides is 1. The SMILES string of the molecule is CCCC(=O)Nc1ccc(C(=O)Cn2c(C(F)(F)F)nc3ccccc32)cc1. The van der Waals surface area contributed by atoms with E-state index < -0.39 is 24.3 Å². The summed E-state index contributed by atoms with van der Waals surface area (Å²) in [5.41, 5.74) is 1.20. The summed E-state index contributed by atoms with van der Waals surface area (Å²) < 4.78 is 40.9. The molecule has 1 amide bonds. The first kappa shape index (κ1) is 19.6. The maximum atomic E-state index is 13.3. The fraction of sp³-hybridized carbons (Fsp3) is 0.250. The zero-order valence-corrected chi connectivity index (χ0v) is 15.1. The van der Waals surface area contributed by atoms with Gasteiger partial charge in [-0.2, -0.15) is 13.2 Å². The predicted molar refractivity (Wildman–Crippen MR) is 99.0 cm³/mol. The number of fused-ring (bicyclic) bond motifs is 1. The summed E-state index contributed by atoms with van der Waals surface area (Å²) >= 11 is 0. The number of aromatic nitrogens is 2. The molecule has 0 spiro atoms. The van der Waals surface area contributed by atoms with E-state index in [9.17, 15) is 22.8 Å². The number of hydrogen-bond donors (Lipinski definition) is 1. The van der Waals surface area contributed by atoms with E-state index in [0.717, 1.165) is 4.57 Å². The van der Waals surface area contributed by atoms with Crippen molar-refractivity contribution in [1.29, 1.82) is 0 Å². The molecule has 3 rings (SSSR count). The molecule has 0 unspecified atom stereocenters. The minimum absolute atomic E-state index is 0.138. The first-order valence-corrected chi connectivity index (χ1v) is 8.75. The average molecular weight is 389 g/mol. The van der Waals surface area contributed by atoms with Gasteiger partial charge < -0.3 is 9.88 Å². The van der Waals surface area contributed by atoms with E-state index in [4.69, 9.17) is 0 Å². The Morgan fingerprint density at radius 3 is 2.39 bits per heavy atom. The molecule has 1 N–H and O–H groups in total. The summed E-state index contributed by atoms with van der Waals surface area (Å²) in [6.07, 6.45) is -3.58. The molecule has 0 aliphatic rings. The lowest BCUT2D eigenvalue weighted by molar-refractivity contribution is -0.146. The summed E-state index contributed by atoms with van der Waals surface area (Å²) in [4.78, 5) is 27.8. The fourth-order valence-corrected chi connectivity index (χ4v) is 2.88. The van der Waals surface area contributed by atoms with Crippen molar-refractivity contribution in [3.8, 4) is 0 Å². The summed E-state index contributed by atoms with van der Waals surface area (Å²) in [6.45, 7) is 1.40. The van der Waals surface area contributed by atoms with Gasteiger partial charge in [-0.1, -0.05) is 19.1 Å². The Labute approximate surface area is 159 Å². The predicted octanol–water partition coefficient (Wildman–Crippen LogP) is 4.68. The second kappa shape index (κ2) is 7.84. The number of alkyl halides is 3. The number of benzene rings is 2. The van der Waals surface area contributed by atoms with E-state index in [1.807, 2.05) is 6.92 Å². The van der Waals surface area contributed by atoms with Crippen LogP contribution in [0.25, 0.3) is 11.0 Å². The summed E-state index contributed by atoms with van der Waals surface area (Å²) in [7, 11) is 0. The van der Waals surface area contributed by atoms with Crippen LogP contribution in [0.4, 0.5) is 18.9 Å². The van der Waals surface area contributed by atoms with Crippen LogP contribution in [0.5, 0.6) is 0 Å². The summed E-state index contributed by atoms with van der Waals surface area (Å²) in [6, 6.07) is 12.2. The van der Waals surface area contributed by atoms with Crippen LogP contribution in [0.1, 0.15) is 35.9 Å². The van der Waals surface area contributed by atoms with Crippen LogP contribution >= 0.6 is 0 Å². The van der Waals surface area contributed by atoms with Crippen LogP contribution in [0.2, 0.25) is 0 Å². The highest BCUT2D eigenvalue weighted by molar-refractivity contribution is 5.97. The van der Waals surface area contributed by atoms with Gasteiger partial charge in [0, 0.05) is 17.7 Å². The molecule has 0 fully saturated rings.